The summed E-state index contributed by atoms with van der Waals surface area (Å²) in [5.74, 6) is 2.99. The van der Waals surface area contributed by atoms with E-state index in [1.807, 2.05) is 42.2 Å². The number of thioether (sulfide) groups is 1. The Labute approximate surface area is 154 Å². The lowest BCUT2D eigenvalue weighted by atomic mass is 10.1. The molecule has 1 aromatic carbocycles. The number of oxazole rings is 1. The van der Waals surface area contributed by atoms with Crippen LogP contribution in [-0.2, 0) is 10.5 Å². The van der Waals surface area contributed by atoms with Gasteiger partial charge in [-0.3, -0.25) is 4.79 Å². The molecule has 2 heterocycles. The monoisotopic (exact) mass is 358 g/mol. The van der Waals surface area contributed by atoms with Crippen molar-refractivity contribution < 1.29 is 9.21 Å². The van der Waals surface area contributed by atoms with Crippen molar-refractivity contribution in [1.29, 1.82) is 0 Å². The molecule has 1 aliphatic rings. The zero-order chi connectivity index (χ0) is 17.5. The van der Waals surface area contributed by atoms with E-state index in [4.69, 9.17) is 4.42 Å². The molecule has 1 aromatic heterocycles. The highest BCUT2D eigenvalue weighted by Crippen LogP contribution is 2.24. The van der Waals surface area contributed by atoms with Crippen LogP contribution in [-0.4, -0.2) is 34.6 Å². The van der Waals surface area contributed by atoms with E-state index in [2.05, 4.69) is 4.98 Å². The van der Waals surface area contributed by atoms with Crippen LogP contribution in [0.5, 0.6) is 0 Å². The number of hydrogen-bond donors (Lipinski definition) is 0. The fraction of sp³-hybridized carbons (Fsp3) is 0.500. The Bertz CT molecular complexity index is 676. The number of carbonyl (C=O) groups excluding carboxylic acids is 1. The molecule has 0 N–H and O–H groups in total. The van der Waals surface area contributed by atoms with Crippen LogP contribution >= 0.6 is 11.8 Å². The first-order valence-corrected chi connectivity index (χ1v) is 10.3. The molecule has 1 fully saturated rings. The third-order valence-corrected chi connectivity index (χ3v) is 5.52. The Morgan fingerprint density at radius 2 is 1.80 bits per heavy atom. The highest BCUT2D eigenvalue weighted by molar-refractivity contribution is 7.99. The molecule has 1 aliphatic heterocycles. The van der Waals surface area contributed by atoms with Crippen molar-refractivity contribution in [1.82, 2.24) is 9.88 Å². The second-order valence-corrected chi connectivity index (χ2v) is 7.51. The first-order chi connectivity index (χ1) is 12.2. The predicted molar refractivity (Wildman–Crippen MR) is 103 cm³/mol. The van der Waals surface area contributed by atoms with E-state index < -0.39 is 0 Å². The van der Waals surface area contributed by atoms with E-state index >= 15 is 0 Å². The molecule has 3 rings (SSSR count). The smallest absolute Gasteiger partial charge is 0.232 e. The molecule has 0 bridgehead atoms. The molecule has 0 atom stereocenters. The fourth-order valence-corrected chi connectivity index (χ4v) is 4.01. The Balaban J connectivity index is 1.51. The van der Waals surface area contributed by atoms with E-state index in [1.54, 1.807) is 11.8 Å². The van der Waals surface area contributed by atoms with E-state index in [-0.39, 0.29) is 5.91 Å². The number of aryl methyl sites for hydroxylation is 1. The van der Waals surface area contributed by atoms with Gasteiger partial charge in [0.25, 0.3) is 0 Å². The molecule has 134 valence electrons. The number of rotatable bonds is 5. The van der Waals surface area contributed by atoms with Gasteiger partial charge in [-0.15, -0.1) is 11.8 Å². The zero-order valence-electron chi connectivity index (χ0n) is 14.9. The SMILES string of the molecule is Cc1oc(-c2ccccc2)nc1CSCC(=O)N1CCCCCCC1. The molecule has 0 unspecified atom stereocenters. The first kappa shape index (κ1) is 18.1. The molecule has 0 aliphatic carbocycles. The van der Waals surface area contributed by atoms with Crippen LogP contribution in [0.4, 0.5) is 0 Å². The average molecular weight is 359 g/mol. The lowest BCUT2D eigenvalue weighted by Crippen LogP contribution is -2.35. The van der Waals surface area contributed by atoms with Gasteiger partial charge in [0.05, 0.1) is 11.4 Å². The summed E-state index contributed by atoms with van der Waals surface area (Å²) in [5, 5.41) is 0. The first-order valence-electron chi connectivity index (χ1n) is 9.11. The number of likely N-dealkylation sites (tertiary alicyclic amines) is 1. The van der Waals surface area contributed by atoms with E-state index in [0.29, 0.717) is 17.4 Å². The second kappa shape index (κ2) is 9.09. The molecular formula is C20H26N2O2S. The Hall–Kier alpha value is -1.75. The van der Waals surface area contributed by atoms with Gasteiger partial charge in [0.2, 0.25) is 11.8 Å². The number of hydrogen-bond acceptors (Lipinski definition) is 4. The van der Waals surface area contributed by atoms with Crippen molar-refractivity contribution in [3.63, 3.8) is 0 Å². The molecule has 25 heavy (non-hydrogen) atoms. The second-order valence-electron chi connectivity index (χ2n) is 6.53. The van der Waals surface area contributed by atoms with Gasteiger partial charge in [0.1, 0.15) is 5.76 Å². The molecule has 0 spiro atoms. The maximum Gasteiger partial charge on any atom is 0.232 e. The van der Waals surface area contributed by atoms with E-state index in [0.717, 1.165) is 42.9 Å². The van der Waals surface area contributed by atoms with Gasteiger partial charge in [-0.05, 0) is 31.9 Å². The molecule has 1 saturated heterocycles. The maximum atomic E-state index is 12.4. The molecule has 5 heteroatoms. The van der Waals surface area contributed by atoms with Gasteiger partial charge >= 0.3 is 0 Å². The van der Waals surface area contributed by atoms with Crippen molar-refractivity contribution in [2.75, 3.05) is 18.8 Å². The molecule has 2 aromatic rings. The van der Waals surface area contributed by atoms with Crippen molar-refractivity contribution >= 4 is 17.7 Å². The summed E-state index contributed by atoms with van der Waals surface area (Å²) in [6, 6.07) is 9.92. The lowest BCUT2D eigenvalue weighted by Gasteiger charge is -2.24. The molecular weight excluding hydrogens is 332 g/mol. The van der Waals surface area contributed by atoms with E-state index in [1.165, 1.54) is 19.3 Å². The van der Waals surface area contributed by atoms with Gasteiger partial charge in [0, 0.05) is 24.4 Å². The molecule has 1 amide bonds. The largest absolute Gasteiger partial charge is 0.441 e. The normalized spacial score (nSPS) is 15.6. The minimum Gasteiger partial charge on any atom is -0.441 e. The Morgan fingerprint density at radius 3 is 2.52 bits per heavy atom. The molecule has 0 saturated carbocycles. The number of aromatic nitrogens is 1. The predicted octanol–water partition coefficient (Wildman–Crippen LogP) is 4.68. The lowest BCUT2D eigenvalue weighted by molar-refractivity contribution is -0.128. The Kier molecular flexibility index (Phi) is 6.56. The van der Waals surface area contributed by atoms with Crippen LogP contribution in [0.25, 0.3) is 11.5 Å². The van der Waals surface area contributed by atoms with E-state index in [9.17, 15) is 4.79 Å². The average Bonchev–Trinajstić information content (AvgIpc) is 2.96. The maximum absolute atomic E-state index is 12.4. The highest BCUT2D eigenvalue weighted by Gasteiger charge is 2.16. The van der Waals surface area contributed by atoms with Gasteiger partial charge < -0.3 is 9.32 Å². The number of amides is 1. The van der Waals surface area contributed by atoms with Gasteiger partial charge in [0.15, 0.2) is 0 Å². The van der Waals surface area contributed by atoms with Crippen LogP contribution in [0.1, 0.15) is 43.6 Å². The zero-order valence-corrected chi connectivity index (χ0v) is 15.7. The van der Waals surface area contributed by atoms with Crippen molar-refractivity contribution in [2.24, 2.45) is 0 Å². The summed E-state index contributed by atoms with van der Waals surface area (Å²) in [5.41, 5.74) is 1.92. The fourth-order valence-electron chi connectivity index (χ4n) is 3.09. The minimum atomic E-state index is 0.260. The topological polar surface area (TPSA) is 46.3 Å². The van der Waals surface area contributed by atoms with Gasteiger partial charge in [-0.1, -0.05) is 37.5 Å². The summed E-state index contributed by atoms with van der Waals surface area (Å²) in [6.07, 6.45) is 6.08. The van der Waals surface area contributed by atoms with Crippen LogP contribution in [0, 0.1) is 6.92 Å². The van der Waals surface area contributed by atoms with Crippen molar-refractivity contribution in [3.05, 3.63) is 41.8 Å². The van der Waals surface area contributed by atoms with Gasteiger partial charge in [-0.2, -0.15) is 0 Å². The summed E-state index contributed by atoms with van der Waals surface area (Å²) in [7, 11) is 0. The quantitative estimate of drug-likeness (QED) is 0.779. The van der Waals surface area contributed by atoms with Crippen LogP contribution in [0.15, 0.2) is 34.7 Å². The van der Waals surface area contributed by atoms with Crippen molar-refractivity contribution in [2.45, 2.75) is 44.8 Å². The summed E-state index contributed by atoms with van der Waals surface area (Å²) >= 11 is 1.63. The van der Waals surface area contributed by atoms with Crippen LogP contribution in [0.2, 0.25) is 0 Å². The summed E-state index contributed by atoms with van der Waals surface area (Å²) in [4.78, 5) is 19.1. The van der Waals surface area contributed by atoms with Gasteiger partial charge in [-0.25, -0.2) is 4.98 Å². The third-order valence-electron chi connectivity index (χ3n) is 4.59. The summed E-state index contributed by atoms with van der Waals surface area (Å²) in [6.45, 7) is 3.77. The Morgan fingerprint density at radius 1 is 1.12 bits per heavy atom. The molecule has 0 radical (unpaired) electrons. The van der Waals surface area contributed by atoms with Crippen molar-refractivity contribution in [3.8, 4) is 11.5 Å². The number of benzene rings is 1. The third kappa shape index (κ3) is 5.11. The number of carbonyl (C=O) groups is 1. The standard InChI is InChI=1S/C20H26N2O2S/c1-16-18(21-20(24-16)17-10-6-5-7-11-17)14-25-15-19(23)22-12-8-3-2-4-9-13-22/h5-7,10-11H,2-4,8-9,12-15H2,1H3. The number of nitrogens with zero attached hydrogens (tertiary/aromatic N) is 2. The summed E-state index contributed by atoms with van der Waals surface area (Å²) < 4.78 is 5.79. The van der Waals surface area contributed by atoms with Crippen LogP contribution < -0.4 is 0 Å². The van der Waals surface area contributed by atoms with Crippen LogP contribution in [0.3, 0.4) is 0 Å². The highest BCUT2D eigenvalue weighted by atomic mass is 32.2. The minimum absolute atomic E-state index is 0.260. The molecule has 4 nitrogen and oxygen atoms in total.